The lowest BCUT2D eigenvalue weighted by Crippen LogP contribution is -2.51. The minimum absolute atomic E-state index is 0.0242. The number of hydrogen-bond donors (Lipinski definition) is 1. The third-order valence-corrected chi connectivity index (χ3v) is 4.45. The number of hydrogen-bond acceptors (Lipinski definition) is 3. The molecule has 5 heteroatoms. The average molecular weight is 289 g/mol. The molecule has 0 aromatic heterocycles. The van der Waals surface area contributed by atoms with E-state index in [4.69, 9.17) is 4.74 Å². The molecule has 3 rings (SSSR count). The molecule has 1 N–H and O–H groups in total. The average Bonchev–Trinajstić information content (AvgIpc) is 2.96. The molecule has 0 saturated carbocycles. The number of fused-ring (bicyclic) bond motifs is 1. The third-order valence-electron chi connectivity index (χ3n) is 4.45. The molecule has 0 bridgehead atoms. The highest BCUT2D eigenvalue weighted by molar-refractivity contribution is 6.00. The Hall–Kier alpha value is -1.88. The van der Waals surface area contributed by atoms with Crippen molar-refractivity contribution in [1.29, 1.82) is 0 Å². The number of benzene rings is 1. The first-order chi connectivity index (χ1) is 10.1. The maximum atomic E-state index is 12.7. The lowest BCUT2D eigenvalue weighted by atomic mass is 9.83. The van der Waals surface area contributed by atoms with Crippen LogP contribution >= 0.6 is 0 Å². The van der Waals surface area contributed by atoms with E-state index in [0.717, 1.165) is 19.4 Å². The number of carbonyl (C=O) groups excluding carboxylic acids is 1. The van der Waals surface area contributed by atoms with Gasteiger partial charge in [-0.25, -0.2) is 0 Å². The molecule has 2 aliphatic heterocycles. The molecule has 3 unspecified atom stereocenters. The first kappa shape index (κ1) is 14.1. The predicted molar refractivity (Wildman–Crippen MR) is 76.3 cm³/mol. The summed E-state index contributed by atoms with van der Waals surface area (Å²) in [7, 11) is 0. The summed E-state index contributed by atoms with van der Waals surface area (Å²) in [6, 6.07) is 6.64. The standard InChI is InChI=1S/C16H19NO4/c1-10-14(16(19)20)12-6-2-3-7-13(12)15(18)17(10)9-11-5-4-8-21-11/h2-3,6-7,10-11,14H,4-5,8-9H2,1H3,(H,19,20). The lowest BCUT2D eigenvalue weighted by Gasteiger charge is -2.39. The van der Waals surface area contributed by atoms with Crippen molar-refractivity contribution in [3.63, 3.8) is 0 Å². The van der Waals surface area contributed by atoms with Gasteiger partial charge in [-0.15, -0.1) is 0 Å². The van der Waals surface area contributed by atoms with Crippen molar-refractivity contribution in [3.8, 4) is 0 Å². The second kappa shape index (κ2) is 5.48. The van der Waals surface area contributed by atoms with E-state index in [1.807, 2.05) is 6.92 Å². The predicted octanol–water partition coefficient (Wildman–Crippen LogP) is 1.88. The van der Waals surface area contributed by atoms with Crippen LogP contribution < -0.4 is 0 Å². The summed E-state index contributed by atoms with van der Waals surface area (Å²) in [5.74, 6) is -1.66. The van der Waals surface area contributed by atoms with Crippen molar-refractivity contribution in [2.45, 2.75) is 37.8 Å². The third kappa shape index (κ3) is 2.42. The van der Waals surface area contributed by atoms with Gasteiger partial charge in [-0.1, -0.05) is 18.2 Å². The Morgan fingerprint density at radius 3 is 2.86 bits per heavy atom. The molecule has 1 fully saturated rings. The smallest absolute Gasteiger partial charge is 0.313 e. The van der Waals surface area contributed by atoms with Gasteiger partial charge < -0.3 is 14.7 Å². The molecule has 3 atom stereocenters. The molecular weight excluding hydrogens is 270 g/mol. The molecule has 1 saturated heterocycles. The quantitative estimate of drug-likeness (QED) is 0.922. The van der Waals surface area contributed by atoms with Crippen LogP contribution in [0.4, 0.5) is 0 Å². The fourth-order valence-corrected chi connectivity index (χ4v) is 3.34. The Balaban J connectivity index is 1.95. The van der Waals surface area contributed by atoms with Crippen LogP contribution in [0.3, 0.4) is 0 Å². The van der Waals surface area contributed by atoms with Crippen molar-refractivity contribution in [2.75, 3.05) is 13.2 Å². The summed E-state index contributed by atoms with van der Waals surface area (Å²) in [5.41, 5.74) is 1.12. The van der Waals surface area contributed by atoms with Crippen molar-refractivity contribution < 1.29 is 19.4 Å². The zero-order valence-electron chi connectivity index (χ0n) is 12.0. The monoisotopic (exact) mass is 289 g/mol. The first-order valence-corrected chi connectivity index (χ1v) is 7.34. The Labute approximate surface area is 123 Å². The summed E-state index contributed by atoms with van der Waals surface area (Å²) in [6.45, 7) is 3.00. The van der Waals surface area contributed by atoms with Crippen LogP contribution in [0.25, 0.3) is 0 Å². The minimum Gasteiger partial charge on any atom is -0.481 e. The van der Waals surface area contributed by atoms with Crippen molar-refractivity contribution in [3.05, 3.63) is 35.4 Å². The number of nitrogens with zero attached hydrogens (tertiary/aromatic N) is 1. The van der Waals surface area contributed by atoms with Crippen molar-refractivity contribution >= 4 is 11.9 Å². The van der Waals surface area contributed by atoms with Crippen LogP contribution in [0.15, 0.2) is 24.3 Å². The highest BCUT2D eigenvalue weighted by atomic mass is 16.5. The molecule has 1 amide bonds. The van der Waals surface area contributed by atoms with Crippen LogP contribution in [0, 0.1) is 0 Å². The Bertz CT molecular complexity index is 565. The molecule has 0 spiro atoms. The SMILES string of the molecule is CC1C(C(=O)O)c2ccccc2C(=O)N1CC1CCCO1. The second-order valence-electron chi connectivity index (χ2n) is 5.74. The van der Waals surface area contributed by atoms with Gasteiger partial charge in [0.05, 0.1) is 6.10 Å². The molecule has 5 nitrogen and oxygen atoms in total. The number of rotatable bonds is 3. The molecule has 21 heavy (non-hydrogen) atoms. The molecular formula is C16H19NO4. The van der Waals surface area contributed by atoms with Crippen molar-refractivity contribution in [1.82, 2.24) is 4.90 Å². The molecule has 0 aliphatic carbocycles. The molecule has 2 aliphatic rings. The highest BCUT2D eigenvalue weighted by Crippen LogP contribution is 2.34. The largest absolute Gasteiger partial charge is 0.481 e. The van der Waals surface area contributed by atoms with E-state index in [9.17, 15) is 14.7 Å². The minimum atomic E-state index is -0.889. The number of carboxylic acids is 1. The Morgan fingerprint density at radius 1 is 1.43 bits per heavy atom. The maximum Gasteiger partial charge on any atom is 0.313 e. The van der Waals surface area contributed by atoms with Crippen LogP contribution in [-0.4, -0.2) is 47.2 Å². The van der Waals surface area contributed by atoms with Crippen LogP contribution in [0.5, 0.6) is 0 Å². The molecule has 112 valence electrons. The van der Waals surface area contributed by atoms with E-state index in [2.05, 4.69) is 0 Å². The van der Waals surface area contributed by atoms with Gasteiger partial charge in [0.2, 0.25) is 0 Å². The van der Waals surface area contributed by atoms with Gasteiger partial charge in [-0.05, 0) is 31.4 Å². The number of ether oxygens (including phenoxy) is 1. The van der Waals surface area contributed by atoms with E-state index < -0.39 is 11.9 Å². The van der Waals surface area contributed by atoms with Gasteiger partial charge in [0.15, 0.2) is 0 Å². The zero-order chi connectivity index (χ0) is 15.0. The highest BCUT2D eigenvalue weighted by Gasteiger charge is 2.41. The van der Waals surface area contributed by atoms with E-state index in [1.165, 1.54) is 0 Å². The number of aliphatic carboxylic acids is 1. The topological polar surface area (TPSA) is 66.8 Å². The number of carbonyl (C=O) groups is 2. The van der Waals surface area contributed by atoms with Crippen LogP contribution in [-0.2, 0) is 9.53 Å². The van der Waals surface area contributed by atoms with E-state index in [1.54, 1.807) is 29.2 Å². The van der Waals surface area contributed by atoms with Gasteiger partial charge in [-0.2, -0.15) is 0 Å². The van der Waals surface area contributed by atoms with E-state index in [-0.39, 0.29) is 18.1 Å². The van der Waals surface area contributed by atoms with Gasteiger partial charge in [0.1, 0.15) is 5.92 Å². The zero-order valence-corrected chi connectivity index (χ0v) is 12.0. The number of carboxylic acid groups (broad SMARTS) is 1. The molecule has 1 aromatic carbocycles. The number of amides is 1. The maximum absolute atomic E-state index is 12.7. The fraction of sp³-hybridized carbons (Fsp3) is 0.500. The molecule has 1 aromatic rings. The van der Waals surface area contributed by atoms with Crippen molar-refractivity contribution in [2.24, 2.45) is 0 Å². The van der Waals surface area contributed by atoms with Crippen LogP contribution in [0.2, 0.25) is 0 Å². The summed E-state index contributed by atoms with van der Waals surface area (Å²) >= 11 is 0. The van der Waals surface area contributed by atoms with Crippen LogP contribution in [0.1, 0.15) is 41.6 Å². The van der Waals surface area contributed by atoms with Gasteiger partial charge in [0, 0.05) is 24.8 Å². The first-order valence-electron chi connectivity index (χ1n) is 7.34. The summed E-state index contributed by atoms with van der Waals surface area (Å²) in [4.78, 5) is 26.0. The Morgan fingerprint density at radius 2 is 2.19 bits per heavy atom. The Kier molecular flexibility index (Phi) is 3.68. The molecule has 0 radical (unpaired) electrons. The normalized spacial score (nSPS) is 28.5. The second-order valence-corrected chi connectivity index (χ2v) is 5.74. The fourth-order valence-electron chi connectivity index (χ4n) is 3.34. The van der Waals surface area contributed by atoms with Gasteiger partial charge in [0.25, 0.3) is 5.91 Å². The molecule has 2 heterocycles. The van der Waals surface area contributed by atoms with Gasteiger partial charge >= 0.3 is 5.97 Å². The van der Waals surface area contributed by atoms with E-state index in [0.29, 0.717) is 17.7 Å². The lowest BCUT2D eigenvalue weighted by molar-refractivity contribution is -0.140. The van der Waals surface area contributed by atoms with Gasteiger partial charge in [-0.3, -0.25) is 9.59 Å². The van der Waals surface area contributed by atoms with E-state index >= 15 is 0 Å². The summed E-state index contributed by atoms with van der Waals surface area (Å²) in [5, 5.41) is 9.55. The summed E-state index contributed by atoms with van der Waals surface area (Å²) < 4.78 is 5.59. The summed E-state index contributed by atoms with van der Waals surface area (Å²) in [6.07, 6.45) is 1.95.